The predicted octanol–water partition coefficient (Wildman–Crippen LogP) is 4.35. The van der Waals surface area contributed by atoms with Gasteiger partial charge < -0.3 is 9.64 Å². The van der Waals surface area contributed by atoms with E-state index in [2.05, 4.69) is 12.1 Å². The molecule has 1 aliphatic heterocycles. The van der Waals surface area contributed by atoms with E-state index < -0.39 is 5.97 Å². The van der Waals surface area contributed by atoms with Crippen molar-refractivity contribution in [2.75, 3.05) is 18.1 Å². The number of hydrogen-bond donors (Lipinski definition) is 0. The summed E-state index contributed by atoms with van der Waals surface area (Å²) in [6.45, 7) is 0.455. The van der Waals surface area contributed by atoms with Crippen molar-refractivity contribution < 1.29 is 19.1 Å². The molecule has 0 aromatic heterocycles. The molecule has 32 heavy (non-hydrogen) atoms. The molecule has 3 aromatic carbocycles. The number of ether oxygens (including phenoxy) is 1. The molecule has 2 aliphatic rings. The normalized spacial score (nSPS) is 14.2. The highest BCUT2D eigenvalue weighted by atomic mass is 16.5. The Hall–Kier alpha value is -3.73. The van der Waals surface area contributed by atoms with Crippen molar-refractivity contribution in [1.29, 1.82) is 0 Å². The molecule has 5 heteroatoms. The summed E-state index contributed by atoms with van der Waals surface area (Å²) in [4.78, 5) is 38.5. The topological polar surface area (TPSA) is 63.7 Å². The minimum absolute atomic E-state index is 0.0824. The molecule has 3 aromatic rings. The van der Waals surface area contributed by atoms with Gasteiger partial charge in [-0.1, -0.05) is 48.5 Å². The summed E-state index contributed by atoms with van der Waals surface area (Å²) < 4.78 is 5.25. The van der Waals surface area contributed by atoms with Gasteiger partial charge in [0.2, 0.25) is 5.91 Å². The van der Waals surface area contributed by atoms with E-state index in [1.165, 1.54) is 11.1 Å². The highest BCUT2D eigenvalue weighted by Crippen LogP contribution is 2.36. The molecule has 0 saturated carbocycles. The van der Waals surface area contributed by atoms with E-state index in [-0.39, 0.29) is 24.7 Å². The average Bonchev–Trinajstić information content (AvgIpc) is 3.41. The first-order valence-electron chi connectivity index (χ1n) is 10.9. The molecule has 0 atom stereocenters. The van der Waals surface area contributed by atoms with Gasteiger partial charge in [-0.3, -0.25) is 14.4 Å². The van der Waals surface area contributed by atoms with Crippen LogP contribution in [0, 0.1) is 0 Å². The Morgan fingerprint density at radius 1 is 0.906 bits per heavy atom. The van der Waals surface area contributed by atoms with Crippen LogP contribution in [0.3, 0.4) is 0 Å². The monoisotopic (exact) mass is 425 g/mol. The van der Waals surface area contributed by atoms with E-state index in [0.717, 1.165) is 41.8 Å². The minimum atomic E-state index is -0.449. The smallest absolute Gasteiger partial charge is 0.310 e. The van der Waals surface area contributed by atoms with Crippen LogP contribution < -0.4 is 4.90 Å². The average molecular weight is 425 g/mol. The molecule has 1 heterocycles. The van der Waals surface area contributed by atoms with Crippen molar-refractivity contribution in [3.05, 3.63) is 89.0 Å². The maximum Gasteiger partial charge on any atom is 0.310 e. The molecule has 0 N–H and O–H groups in total. The predicted molar refractivity (Wildman–Crippen MR) is 122 cm³/mol. The lowest BCUT2D eigenvalue weighted by atomic mass is 10.0. The molecular formula is C27H23NO4. The van der Waals surface area contributed by atoms with Crippen LogP contribution in [0.25, 0.3) is 11.1 Å². The maximum absolute atomic E-state index is 12.6. The van der Waals surface area contributed by atoms with Crippen molar-refractivity contribution in [2.24, 2.45) is 0 Å². The quantitative estimate of drug-likeness (QED) is 0.340. The zero-order valence-electron chi connectivity index (χ0n) is 17.7. The van der Waals surface area contributed by atoms with Crippen LogP contribution in [0.1, 0.15) is 39.9 Å². The SMILES string of the molecule is O=C(Cc1ccc(N2CCCC2=O)cc1)OCC(=O)c1ccc2c(c1)-c1ccccc1C2. The lowest BCUT2D eigenvalue weighted by Gasteiger charge is -2.15. The number of rotatable bonds is 6. The van der Waals surface area contributed by atoms with E-state index in [0.29, 0.717) is 12.0 Å². The number of esters is 1. The molecule has 0 unspecified atom stereocenters. The van der Waals surface area contributed by atoms with Gasteiger partial charge in [-0.15, -0.1) is 0 Å². The third-order valence-electron chi connectivity index (χ3n) is 6.15. The summed E-state index contributed by atoms with van der Waals surface area (Å²) in [7, 11) is 0. The van der Waals surface area contributed by atoms with Gasteiger partial charge in [0.15, 0.2) is 12.4 Å². The van der Waals surface area contributed by atoms with E-state index in [1.54, 1.807) is 11.0 Å². The van der Waals surface area contributed by atoms with Gasteiger partial charge in [0, 0.05) is 24.2 Å². The van der Waals surface area contributed by atoms with Crippen LogP contribution in [0.4, 0.5) is 5.69 Å². The molecule has 0 spiro atoms. The first-order valence-corrected chi connectivity index (χ1v) is 10.9. The Bertz CT molecular complexity index is 1210. The van der Waals surface area contributed by atoms with Crippen molar-refractivity contribution >= 4 is 23.3 Å². The molecule has 1 saturated heterocycles. The molecule has 0 bridgehead atoms. The standard InChI is InChI=1S/C27H23NO4/c29-25(21-10-9-20-15-19-4-1-2-5-23(19)24(20)16-21)17-32-27(31)14-18-7-11-22(12-8-18)28-13-3-6-26(28)30/h1-2,4-5,7-12,16H,3,6,13-15,17H2. The molecule has 5 rings (SSSR count). The van der Waals surface area contributed by atoms with Crippen molar-refractivity contribution in [2.45, 2.75) is 25.7 Å². The second-order valence-corrected chi connectivity index (χ2v) is 8.28. The molecular weight excluding hydrogens is 402 g/mol. The largest absolute Gasteiger partial charge is 0.457 e. The highest BCUT2D eigenvalue weighted by molar-refractivity contribution is 6.00. The number of carbonyl (C=O) groups is 3. The molecule has 0 radical (unpaired) electrons. The van der Waals surface area contributed by atoms with E-state index in [9.17, 15) is 14.4 Å². The fourth-order valence-electron chi connectivity index (χ4n) is 4.46. The number of fused-ring (bicyclic) bond motifs is 3. The molecule has 1 aliphatic carbocycles. The summed E-state index contributed by atoms with van der Waals surface area (Å²) in [5, 5.41) is 0. The van der Waals surface area contributed by atoms with Crippen LogP contribution in [-0.2, 0) is 27.2 Å². The number of amides is 1. The van der Waals surface area contributed by atoms with Crippen LogP contribution in [0.5, 0.6) is 0 Å². The van der Waals surface area contributed by atoms with Gasteiger partial charge in [-0.2, -0.15) is 0 Å². The van der Waals surface area contributed by atoms with Gasteiger partial charge in [-0.25, -0.2) is 0 Å². The van der Waals surface area contributed by atoms with Crippen LogP contribution in [-0.4, -0.2) is 30.8 Å². The Morgan fingerprint density at radius 2 is 1.69 bits per heavy atom. The lowest BCUT2D eigenvalue weighted by Crippen LogP contribution is -2.23. The van der Waals surface area contributed by atoms with Crippen molar-refractivity contribution in [1.82, 2.24) is 0 Å². The van der Waals surface area contributed by atoms with Crippen LogP contribution in [0.2, 0.25) is 0 Å². The second kappa shape index (κ2) is 8.42. The molecule has 1 fully saturated rings. The number of ketones is 1. The van der Waals surface area contributed by atoms with Gasteiger partial charge in [0.1, 0.15) is 0 Å². The summed E-state index contributed by atoms with van der Waals surface area (Å²) in [6.07, 6.45) is 2.41. The summed E-state index contributed by atoms with van der Waals surface area (Å²) in [6, 6.07) is 21.2. The summed E-state index contributed by atoms with van der Waals surface area (Å²) in [5.41, 5.74) is 6.89. The molecule has 160 valence electrons. The molecule has 5 nitrogen and oxygen atoms in total. The zero-order chi connectivity index (χ0) is 22.1. The Kier molecular flexibility index (Phi) is 5.31. The fourth-order valence-corrected chi connectivity index (χ4v) is 4.46. The number of carbonyl (C=O) groups excluding carboxylic acids is 3. The lowest BCUT2D eigenvalue weighted by molar-refractivity contribution is -0.141. The zero-order valence-corrected chi connectivity index (χ0v) is 17.7. The van der Waals surface area contributed by atoms with Crippen molar-refractivity contribution in [3.8, 4) is 11.1 Å². The van der Waals surface area contributed by atoms with E-state index in [4.69, 9.17) is 4.74 Å². The number of benzene rings is 3. The fraction of sp³-hybridized carbons (Fsp3) is 0.222. The number of Topliss-reactive ketones (excluding diaryl/α,β-unsaturated/α-hetero) is 1. The van der Waals surface area contributed by atoms with Gasteiger partial charge >= 0.3 is 5.97 Å². The Labute approximate surface area is 186 Å². The Morgan fingerprint density at radius 3 is 2.47 bits per heavy atom. The maximum atomic E-state index is 12.6. The second-order valence-electron chi connectivity index (χ2n) is 8.28. The van der Waals surface area contributed by atoms with E-state index in [1.807, 2.05) is 48.5 Å². The van der Waals surface area contributed by atoms with Gasteiger partial charge in [-0.05, 0) is 58.9 Å². The highest BCUT2D eigenvalue weighted by Gasteiger charge is 2.22. The third-order valence-corrected chi connectivity index (χ3v) is 6.15. The molecule has 1 amide bonds. The Balaban J connectivity index is 1.18. The first-order chi connectivity index (χ1) is 15.6. The first kappa shape index (κ1) is 20.2. The summed E-state index contributed by atoms with van der Waals surface area (Å²) in [5.74, 6) is -0.533. The van der Waals surface area contributed by atoms with Crippen LogP contribution in [0.15, 0.2) is 66.7 Å². The summed E-state index contributed by atoms with van der Waals surface area (Å²) >= 11 is 0. The van der Waals surface area contributed by atoms with Gasteiger partial charge in [0.25, 0.3) is 0 Å². The number of hydrogen-bond acceptors (Lipinski definition) is 4. The van der Waals surface area contributed by atoms with Crippen LogP contribution >= 0.6 is 0 Å². The van der Waals surface area contributed by atoms with E-state index >= 15 is 0 Å². The minimum Gasteiger partial charge on any atom is -0.457 e. The third kappa shape index (κ3) is 3.94. The number of nitrogens with zero attached hydrogens (tertiary/aromatic N) is 1. The van der Waals surface area contributed by atoms with Gasteiger partial charge in [0.05, 0.1) is 6.42 Å². The number of anilines is 1. The van der Waals surface area contributed by atoms with Crippen molar-refractivity contribution in [3.63, 3.8) is 0 Å².